The van der Waals surface area contributed by atoms with Crippen LogP contribution in [0.2, 0.25) is 0 Å². The molecule has 0 unspecified atom stereocenters. The van der Waals surface area contributed by atoms with Crippen LogP contribution in [0, 0.1) is 12.8 Å². The number of aromatic nitrogens is 2. The van der Waals surface area contributed by atoms with Crippen LogP contribution in [0.1, 0.15) is 11.3 Å². The number of hydrogen-bond acceptors (Lipinski definition) is 4. The van der Waals surface area contributed by atoms with Crippen LogP contribution < -0.4 is 5.32 Å². The van der Waals surface area contributed by atoms with E-state index in [0.717, 1.165) is 31.0 Å². The maximum absolute atomic E-state index is 12.0. The number of amides is 1. The summed E-state index contributed by atoms with van der Waals surface area (Å²) >= 11 is 0. The molecule has 2 bridgehead atoms. The van der Waals surface area contributed by atoms with E-state index < -0.39 is 0 Å². The second kappa shape index (κ2) is 5.37. The zero-order valence-electron chi connectivity index (χ0n) is 12.7. The summed E-state index contributed by atoms with van der Waals surface area (Å²) in [6, 6.07) is 4.19. The number of ether oxygens (including phenoxy) is 1. The van der Waals surface area contributed by atoms with Crippen LogP contribution in [0.5, 0.6) is 0 Å². The number of fused-ring (bicyclic) bond motifs is 4. The Morgan fingerprint density at radius 1 is 1.32 bits per heavy atom. The molecule has 2 fully saturated rings. The fourth-order valence-corrected chi connectivity index (χ4v) is 3.31. The summed E-state index contributed by atoms with van der Waals surface area (Å²) in [5.74, 6) is 0.0439. The summed E-state index contributed by atoms with van der Waals surface area (Å²) in [5, 5.41) is 3.06. The van der Waals surface area contributed by atoms with E-state index in [0.29, 0.717) is 13.2 Å². The number of pyridine rings is 1. The van der Waals surface area contributed by atoms with Crippen LogP contribution in [0.25, 0.3) is 5.65 Å². The Morgan fingerprint density at radius 3 is 3.14 bits per heavy atom. The topological polar surface area (TPSA) is 58.9 Å². The zero-order valence-corrected chi connectivity index (χ0v) is 12.7. The van der Waals surface area contributed by atoms with Crippen LogP contribution in [0.15, 0.2) is 24.5 Å². The quantitative estimate of drug-likeness (QED) is 0.882. The van der Waals surface area contributed by atoms with Crippen LogP contribution in [0.3, 0.4) is 0 Å². The monoisotopic (exact) mass is 300 g/mol. The maximum Gasteiger partial charge on any atom is 0.227 e. The van der Waals surface area contributed by atoms with E-state index >= 15 is 0 Å². The Balaban J connectivity index is 1.55. The molecule has 22 heavy (non-hydrogen) atoms. The standard InChI is InChI=1S/C16H20N4O2/c1-11-2-3-15-17-13(8-20(15)4-11)6-19-5-12-9-22-10-14(7-19)18-16(12)21/h2-4,8,12,14H,5-7,9-10H2,1H3,(H,18,21)/t12-,14+/m1/s1. The first kappa shape index (κ1) is 13.7. The molecule has 2 aliphatic heterocycles. The number of nitrogens with one attached hydrogen (secondary N) is 1. The molecule has 6 nitrogen and oxygen atoms in total. The molecule has 2 aromatic heterocycles. The van der Waals surface area contributed by atoms with Crippen LogP contribution >= 0.6 is 0 Å². The van der Waals surface area contributed by atoms with Crippen molar-refractivity contribution in [1.82, 2.24) is 19.6 Å². The minimum Gasteiger partial charge on any atom is -0.378 e. The highest BCUT2D eigenvalue weighted by Gasteiger charge is 2.33. The average molecular weight is 300 g/mol. The fraction of sp³-hybridized carbons (Fsp3) is 0.500. The Hall–Kier alpha value is -1.92. The number of aryl methyl sites for hydroxylation is 1. The van der Waals surface area contributed by atoms with Gasteiger partial charge in [0.25, 0.3) is 0 Å². The van der Waals surface area contributed by atoms with Gasteiger partial charge in [0.1, 0.15) is 5.65 Å². The molecule has 0 saturated carbocycles. The first-order valence-electron chi connectivity index (χ1n) is 7.72. The van der Waals surface area contributed by atoms with Crippen molar-refractivity contribution in [1.29, 1.82) is 0 Å². The summed E-state index contributed by atoms with van der Waals surface area (Å²) in [6.45, 7) is 5.51. The second-order valence-corrected chi connectivity index (χ2v) is 6.34. The summed E-state index contributed by atoms with van der Waals surface area (Å²) in [4.78, 5) is 19.0. The number of rotatable bonds is 2. The van der Waals surface area contributed by atoms with Crippen LogP contribution in [0.4, 0.5) is 0 Å². The van der Waals surface area contributed by atoms with E-state index in [1.807, 2.05) is 6.07 Å². The molecule has 2 atom stereocenters. The number of imidazole rings is 1. The van der Waals surface area contributed by atoms with Crippen molar-refractivity contribution < 1.29 is 9.53 Å². The van der Waals surface area contributed by atoms with Gasteiger partial charge in [-0.15, -0.1) is 0 Å². The molecule has 2 aliphatic rings. The molecule has 0 aliphatic carbocycles. The first-order valence-corrected chi connectivity index (χ1v) is 7.72. The third-order valence-electron chi connectivity index (χ3n) is 4.35. The molecule has 4 heterocycles. The molecule has 6 heteroatoms. The van der Waals surface area contributed by atoms with Gasteiger partial charge in [-0.1, -0.05) is 6.07 Å². The van der Waals surface area contributed by atoms with Crippen molar-refractivity contribution in [3.8, 4) is 0 Å². The Bertz CT molecular complexity index is 711. The minimum atomic E-state index is -0.0771. The van der Waals surface area contributed by atoms with Gasteiger partial charge in [0, 0.05) is 32.0 Å². The lowest BCUT2D eigenvalue weighted by molar-refractivity contribution is -0.125. The molecule has 1 amide bonds. The Morgan fingerprint density at radius 2 is 2.23 bits per heavy atom. The molecule has 2 saturated heterocycles. The van der Waals surface area contributed by atoms with Crippen molar-refractivity contribution in [3.05, 3.63) is 35.8 Å². The lowest BCUT2D eigenvalue weighted by Gasteiger charge is -2.26. The maximum atomic E-state index is 12.0. The highest BCUT2D eigenvalue weighted by atomic mass is 16.5. The van der Waals surface area contributed by atoms with E-state index in [1.54, 1.807) is 0 Å². The highest BCUT2D eigenvalue weighted by Crippen LogP contribution is 2.16. The van der Waals surface area contributed by atoms with Crippen molar-refractivity contribution >= 4 is 11.6 Å². The van der Waals surface area contributed by atoms with E-state index in [9.17, 15) is 4.79 Å². The molecule has 0 spiro atoms. The molecule has 0 radical (unpaired) electrons. The molecular weight excluding hydrogens is 280 g/mol. The van der Waals surface area contributed by atoms with Gasteiger partial charge < -0.3 is 14.5 Å². The summed E-state index contributed by atoms with van der Waals surface area (Å²) in [7, 11) is 0. The third-order valence-corrected chi connectivity index (χ3v) is 4.35. The molecule has 2 aromatic rings. The van der Waals surface area contributed by atoms with Gasteiger partial charge >= 0.3 is 0 Å². The zero-order chi connectivity index (χ0) is 15.1. The van der Waals surface area contributed by atoms with Gasteiger partial charge in [-0.25, -0.2) is 4.98 Å². The van der Waals surface area contributed by atoms with Crippen molar-refractivity contribution in [2.45, 2.75) is 19.5 Å². The number of carbonyl (C=O) groups is 1. The van der Waals surface area contributed by atoms with Gasteiger partial charge in [0.05, 0.1) is 30.9 Å². The van der Waals surface area contributed by atoms with Gasteiger partial charge in [-0.3, -0.25) is 9.69 Å². The molecular formula is C16H20N4O2. The van der Waals surface area contributed by atoms with Gasteiger partial charge in [-0.05, 0) is 18.6 Å². The normalized spacial score (nSPS) is 26.0. The van der Waals surface area contributed by atoms with Crippen LogP contribution in [-0.4, -0.2) is 52.5 Å². The smallest absolute Gasteiger partial charge is 0.227 e. The third kappa shape index (κ3) is 2.60. The SMILES string of the molecule is Cc1ccc2nc(CN3C[C@H]4COC[C@@H](C3)C(=O)N4)cn2c1. The molecule has 0 aromatic carbocycles. The number of hydrogen-bond donors (Lipinski definition) is 1. The van der Waals surface area contributed by atoms with Crippen molar-refractivity contribution in [2.24, 2.45) is 5.92 Å². The van der Waals surface area contributed by atoms with Crippen LogP contribution in [-0.2, 0) is 16.1 Å². The lowest BCUT2D eigenvalue weighted by Crippen LogP contribution is -2.41. The van der Waals surface area contributed by atoms with Gasteiger partial charge in [0.15, 0.2) is 0 Å². The highest BCUT2D eigenvalue weighted by molar-refractivity contribution is 5.79. The van der Waals surface area contributed by atoms with E-state index in [1.165, 1.54) is 5.56 Å². The summed E-state index contributed by atoms with van der Waals surface area (Å²) in [5.41, 5.74) is 3.22. The molecule has 116 valence electrons. The van der Waals surface area contributed by atoms with E-state index in [2.05, 4.69) is 45.0 Å². The molecule has 1 N–H and O–H groups in total. The summed E-state index contributed by atoms with van der Waals surface area (Å²) < 4.78 is 7.63. The first-order chi connectivity index (χ1) is 10.7. The predicted molar refractivity (Wildman–Crippen MR) is 81.4 cm³/mol. The minimum absolute atomic E-state index is 0.0771. The Labute approximate surface area is 129 Å². The van der Waals surface area contributed by atoms with E-state index in [4.69, 9.17) is 4.74 Å². The summed E-state index contributed by atoms with van der Waals surface area (Å²) in [6.07, 6.45) is 4.16. The average Bonchev–Trinajstić information content (AvgIpc) is 2.67. The predicted octanol–water partition coefficient (Wildman–Crippen LogP) is 0.590. The fourth-order valence-electron chi connectivity index (χ4n) is 3.31. The number of carbonyl (C=O) groups excluding carboxylic acids is 1. The van der Waals surface area contributed by atoms with Gasteiger partial charge in [-0.2, -0.15) is 0 Å². The second-order valence-electron chi connectivity index (χ2n) is 6.34. The Kier molecular flexibility index (Phi) is 3.35. The van der Waals surface area contributed by atoms with E-state index in [-0.39, 0.29) is 17.9 Å². The lowest BCUT2D eigenvalue weighted by atomic mass is 10.1. The molecule has 4 rings (SSSR count). The largest absolute Gasteiger partial charge is 0.378 e. The van der Waals surface area contributed by atoms with Crippen molar-refractivity contribution in [3.63, 3.8) is 0 Å². The number of nitrogens with zero attached hydrogens (tertiary/aromatic N) is 3. The van der Waals surface area contributed by atoms with Crippen molar-refractivity contribution in [2.75, 3.05) is 26.3 Å². The van der Waals surface area contributed by atoms with Gasteiger partial charge in [0.2, 0.25) is 5.91 Å².